The highest BCUT2D eigenvalue weighted by Gasteiger charge is 2.75. The second-order valence-corrected chi connectivity index (χ2v) is 4.58. The van der Waals surface area contributed by atoms with Gasteiger partial charge in [0.05, 0.1) is 6.61 Å². The Labute approximate surface area is 82.9 Å². The van der Waals surface area contributed by atoms with Crippen LogP contribution >= 0.6 is 0 Å². The molecule has 72 valence electrons. The summed E-state index contributed by atoms with van der Waals surface area (Å²) in [4.78, 5) is 11.7. The van der Waals surface area contributed by atoms with Gasteiger partial charge >= 0.3 is 5.97 Å². The van der Waals surface area contributed by atoms with Gasteiger partial charge in [0.25, 0.3) is 0 Å². The molecule has 1 aliphatic carbocycles. The van der Waals surface area contributed by atoms with E-state index in [2.05, 4.69) is 6.92 Å². The topological polar surface area (TPSA) is 26.3 Å². The summed E-state index contributed by atoms with van der Waals surface area (Å²) in [7, 11) is 0. The molecule has 1 heterocycles. The first-order valence-electron chi connectivity index (χ1n) is 4.92. The van der Waals surface area contributed by atoms with Gasteiger partial charge in [-0.25, -0.2) is 0 Å². The van der Waals surface area contributed by atoms with Crippen LogP contribution in [-0.2, 0) is 14.9 Å². The van der Waals surface area contributed by atoms with Crippen molar-refractivity contribution in [2.75, 3.05) is 6.61 Å². The molecule has 0 N–H and O–H groups in total. The predicted octanol–water partition coefficient (Wildman–Crippen LogP) is 1.89. The standard InChI is InChI=1S/C12H12O2/c1-11-7-12(11,10(13)14-8-11)9-5-3-2-4-6-9/h2-6H,7-8H2,1H3/t11-,12-/m1/s1. The first kappa shape index (κ1) is 8.04. The summed E-state index contributed by atoms with van der Waals surface area (Å²) in [5.41, 5.74) is 0.865. The zero-order valence-corrected chi connectivity index (χ0v) is 8.12. The maximum atomic E-state index is 11.7. The van der Waals surface area contributed by atoms with Gasteiger partial charge in [0.1, 0.15) is 5.41 Å². The lowest BCUT2D eigenvalue weighted by Crippen LogP contribution is -2.20. The molecule has 1 saturated carbocycles. The molecule has 14 heavy (non-hydrogen) atoms. The van der Waals surface area contributed by atoms with Crippen molar-refractivity contribution in [3.63, 3.8) is 0 Å². The molecule has 2 nitrogen and oxygen atoms in total. The van der Waals surface area contributed by atoms with Crippen LogP contribution in [0.4, 0.5) is 0 Å². The van der Waals surface area contributed by atoms with Gasteiger partial charge in [0.15, 0.2) is 0 Å². The molecule has 0 spiro atoms. The maximum Gasteiger partial charge on any atom is 0.317 e. The molecule has 2 fully saturated rings. The summed E-state index contributed by atoms with van der Waals surface area (Å²) in [5.74, 6) is -0.0359. The van der Waals surface area contributed by atoms with E-state index >= 15 is 0 Å². The van der Waals surface area contributed by atoms with Gasteiger partial charge in [-0.2, -0.15) is 0 Å². The Kier molecular flexibility index (Phi) is 1.26. The molecule has 0 amide bonds. The number of rotatable bonds is 1. The fourth-order valence-electron chi connectivity index (χ4n) is 2.67. The number of carbonyl (C=O) groups excluding carboxylic acids is 1. The van der Waals surface area contributed by atoms with E-state index in [1.807, 2.05) is 30.3 Å². The molecule has 2 heteroatoms. The van der Waals surface area contributed by atoms with Crippen LogP contribution in [0.3, 0.4) is 0 Å². The zero-order valence-electron chi connectivity index (χ0n) is 8.12. The molecule has 0 bridgehead atoms. The predicted molar refractivity (Wildman–Crippen MR) is 51.8 cm³/mol. The summed E-state index contributed by atoms with van der Waals surface area (Å²) in [6.45, 7) is 2.71. The second-order valence-electron chi connectivity index (χ2n) is 4.58. The summed E-state index contributed by atoms with van der Waals surface area (Å²) < 4.78 is 5.14. The Morgan fingerprint density at radius 1 is 1.29 bits per heavy atom. The molecule has 0 radical (unpaired) electrons. The summed E-state index contributed by atoms with van der Waals surface area (Å²) in [6, 6.07) is 9.98. The molecule has 0 aromatic heterocycles. The van der Waals surface area contributed by atoms with Gasteiger partial charge < -0.3 is 4.74 Å². The highest BCUT2D eigenvalue weighted by Crippen LogP contribution is 2.68. The summed E-state index contributed by atoms with van der Waals surface area (Å²) in [6.07, 6.45) is 0.947. The van der Waals surface area contributed by atoms with E-state index in [9.17, 15) is 4.79 Å². The van der Waals surface area contributed by atoms with E-state index in [0.717, 1.165) is 12.0 Å². The fraction of sp³-hybridized carbons (Fsp3) is 0.417. The van der Waals surface area contributed by atoms with Crippen molar-refractivity contribution in [3.05, 3.63) is 35.9 Å². The minimum Gasteiger partial charge on any atom is -0.464 e. The monoisotopic (exact) mass is 188 g/mol. The lowest BCUT2D eigenvalue weighted by molar-refractivity contribution is -0.142. The van der Waals surface area contributed by atoms with Crippen LogP contribution in [0.5, 0.6) is 0 Å². The number of hydrogen-bond acceptors (Lipinski definition) is 2. The number of fused-ring (bicyclic) bond motifs is 1. The van der Waals surface area contributed by atoms with Crippen molar-refractivity contribution in [3.8, 4) is 0 Å². The lowest BCUT2D eigenvalue weighted by Gasteiger charge is -2.10. The molecule has 1 aromatic rings. The van der Waals surface area contributed by atoms with Crippen LogP contribution in [0.25, 0.3) is 0 Å². The molecule has 0 unspecified atom stereocenters. The van der Waals surface area contributed by atoms with Crippen molar-refractivity contribution in [1.29, 1.82) is 0 Å². The van der Waals surface area contributed by atoms with Crippen LogP contribution in [0.2, 0.25) is 0 Å². The average molecular weight is 188 g/mol. The van der Waals surface area contributed by atoms with E-state index in [1.54, 1.807) is 0 Å². The molecule has 1 aliphatic heterocycles. The quantitative estimate of drug-likeness (QED) is 0.629. The highest BCUT2D eigenvalue weighted by molar-refractivity contribution is 5.91. The smallest absolute Gasteiger partial charge is 0.317 e. The van der Waals surface area contributed by atoms with E-state index in [4.69, 9.17) is 4.74 Å². The number of esters is 1. The third-order valence-electron chi connectivity index (χ3n) is 3.70. The van der Waals surface area contributed by atoms with E-state index in [-0.39, 0.29) is 16.8 Å². The Hall–Kier alpha value is -1.31. The number of benzene rings is 1. The lowest BCUT2D eigenvalue weighted by atomic mass is 9.89. The Bertz CT molecular complexity index is 398. The normalized spacial score (nSPS) is 39.1. The van der Waals surface area contributed by atoms with Crippen LogP contribution in [0.1, 0.15) is 18.9 Å². The number of hydrogen-bond donors (Lipinski definition) is 0. The third kappa shape index (κ3) is 0.707. The number of ether oxygens (including phenoxy) is 1. The largest absolute Gasteiger partial charge is 0.464 e. The van der Waals surface area contributed by atoms with Crippen LogP contribution in [0.15, 0.2) is 30.3 Å². The Morgan fingerprint density at radius 3 is 2.50 bits per heavy atom. The van der Waals surface area contributed by atoms with Crippen molar-refractivity contribution in [2.24, 2.45) is 5.41 Å². The van der Waals surface area contributed by atoms with Gasteiger partial charge in [-0.15, -0.1) is 0 Å². The van der Waals surface area contributed by atoms with Crippen LogP contribution < -0.4 is 0 Å². The van der Waals surface area contributed by atoms with Crippen LogP contribution in [0, 0.1) is 5.41 Å². The third-order valence-corrected chi connectivity index (χ3v) is 3.70. The van der Waals surface area contributed by atoms with Gasteiger partial charge in [-0.1, -0.05) is 37.3 Å². The van der Waals surface area contributed by atoms with E-state index in [1.165, 1.54) is 0 Å². The first-order valence-corrected chi connectivity index (χ1v) is 4.92. The van der Waals surface area contributed by atoms with Crippen LogP contribution in [-0.4, -0.2) is 12.6 Å². The second kappa shape index (κ2) is 2.19. The minimum atomic E-state index is -0.311. The average Bonchev–Trinajstić information content (AvgIpc) is 2.77. The van der Waals surface area contributed by atoms with Crippen molar-refractivity contribution in [2.45, 2.75) is 18.8 Å². The molecule has 3 rings (SSSR count). The number of carbonyl (C=O) groups is 1. The van der Waals surface area contributed by atoms with E-state index in [0.29, 0.717) is 6.61 Å². The molecule has 1 aromatic carbocycles. The molecule has 2 aliphatic rings. The minimum absolute atomic E-state index is 0.0359. The fourth-order valence-corrected chi connectivity index (χ4v) is 2.67. The van der Waals surface area contributed by atoms with Gasteiger partial charge in [0, 0.05) is 5.41 Å². The Balaban J connectivity index is 2.12. The zero-order chi connectivity index (χ0) is 9.81. The van der Waals surface area contributed by atoms with E-state index < -0.39 is 0 Å². The van der Waals surface area contributed by atoms with Gasteiger partial charge in [-0.05, 0) is 12.0 Å². The highest BCUT2D eigenvalue weighted by atomic mass is 16.5. The van der Waals surface area contributed by atoms with Gasteiger partial charge in [-0.3, -0.25) is 4.79 Å². The summed E-state index contributed by atoms with van der Waals surface area (Å²) in [5, 5.41) is 0. The SMILES string of the molecule is C[C@@]12COC(=O)[C@]1(c1ccccc1)C2. The maximum absolute atomic E-state index is 11.7. The summed E-state index contributed by atoms with van der Waals surface area (Å²) >= 11 is 0. The van der Waals surface area contributed by atoms with Gasteiger partial charge in [0.2, 0.25) is 0 Å². The van der Waals surface area contributed by atoms with Crippen molar-refractivity contribution in [1.82, 2.24) is 0 Å². The molecule has 1 saturated heterocycles. The van der Waals surface area contributed by atoms with Crippen molar-refractivity contribution >= 4 is 5.97 Å². The Morgan fingerprint density at radius 2 is 2.00 bits per heavy atom. The molecular formula is C12H12O2. The number of cyclic esters (lactones) is 1. The first-order chi connectivity index (χ1) is 6.69. The van der Waals surface area contributed by atoms with Crippen molar-refractivity contribution < 1.29 is 9.53 Å². The molecule has 2 atom stereocenters. The molecular weight excluding hydrogens is 176 g/mol.